The highest BCUT2D eigenvalue weighted by molar-refractivity contribution is 7.48. The highest BCUT2D eigenvalue weighted by Gasteiger charge is 2.93. The van der Waals surface area contributed by atoms with Crippen molar-refractivity contribution in [3.05, 3.63) is 16.7 Å². The first-order valence-corrected chi connectivity index (χ1v) is 14.4. The summed E-state index contributed by atoms with van der Waals surface area (Å²) in [5.41, 5.74) is -1.80. The van der Waals surface area contributed by atoms with Crippen molar-refractivity contribution in [2.24, 2.45) is 10.8 Å². The molecule has 2 fully saturated rings. The van der Waals surface area contributed by atoms with Crippen molar-refractivity contribution in [3.63, 3.8) is 0 Å². The maximum absolute atomic E-state index is 16.9. The van der Waals surface area contributed by atoms with Crippen molar-refractivity contribution in [1.82, 2.24) is 19.5 Å². The number of nitrogens with zero attached hydrogens (tertiary/aromatic N) is 3. The standard InChI is InChI=1S/C24H35FN5O11P/c1-8-22-16(24(22,34)23(25,9-38-22)30-10-27-13-14(30)28-19(26)29-15(13)31)41-42(35,39-11-36-17(32)20(2,3)4)40-12-37-18(33)21(5,6)7/h10,16,34H,8-9,11-12H2,1-7H3,(H3,26,28,29,31). The molecule has 1 saturated heterocycles. The summed E-state index contributed by atoms with van der Waals surface area (Å²) in [6, 6.07) is 0. The Hall–Kier alpha value is -2.95. The van der Waals surface area contributed by atoms with Gasteiger partial charge in [-0.1, -0.05) is 6.92 Å². The number of nitrogens with two attached hydrogens (primary N) is 1. The number of phosphoric acid groups is 1. The van der Waals surface area contributed by atoms with Crippen LogP contribution in [0.2, 0.25) is 0 Å². The minimum absolute atomic E-state index is 0.0410. The Labute approximate surface area is 239 Å². The molecule has 18 heteroatoms. The van der Waals surface area contributed by atoms with Gasteiger partial charge in [0.15, 0.2) is 16.8 Å². The lowest BCUT2D eigenvalue weighted by Crippen LogP contribution is -2.47. The van der Waals surface area contributed by atoms with Crippen LogP contribution >= 0.6 is 7.82 Å². The first kappa shape index (κ1) is 32.0. The number of phosphoric ester groups is 1. The van der Waals surface area contributed by atoms with Gasteiger partial charge in [-0.15, -0.1) is 0 Å². The van der Waals surface area contributed by atoms with E-state index in [4.69, 9.17) is 33.5 Å². The number of aromatic amines is 1. The fourth-order valence-electron chi connectivity index (χ4n) is 4.61. The van der Waals surface area contributed by atoms with Gasteiger partial charge in [0.2, 0.25) is 25.3 Å². The first-order valence-electron chi connectivity index (χ1n) is 13.0. The summed E-state index contributed by atoms with van der Waals surface area (Å²) in [5, 5.41) is 11.8. The van der Waals surface area contributed by atoms with Gasteiger partial charge in [0.05, 0.1) is 10.8 Å². The third-order valence-corrected chi connectivity index (χ3v) is 8.38. The second-order valence-electron chi connectivity index (χ2n) is 12.1. The van der Waals surface area contributed by atoms with E-state index >= 15 is 4.39 Å². The molecule has 0 aromatic carbocycles. The highest BCUT2D eigenvalue weighted by atomic mass is 31.2. The number of ether oxygens (including phenoxy) is 3. The number of carbonyl (C=O) groups excluding carboxylic acids is 2. The number of hydrogen-bond donors (Lipinski definition) is 3. The van der Waals surface area contributed by atoms with Crippen LogP contribution < -0.4 is 11.3 Å². The molecule has 234 valence electrons. The fourth-order valence-corrected chi connectivity index (χ4v) is 5.75. The molecule has 1 saturated carbocycles. The molecule has 0 amide bonds. The number of alkyl halides is 1. The zero-order valence-corrected chi connectivity index (χ0v) is 25.2. The van der Waals surface area contributed by atoms with E-state index in [1.54, 1.807) is 48.5 Å². The zero-order chi connectivity index (χ0) is 31.5. The number of anilines is 1. The molecule has 2 aliphatic rings. The van der Waals surface area contributed by atoms with E-state index in [2.05, 4.69) is 15.0 Å². The van der Waals surface area contributed by atoms with Crippen LogP contribution in [-0.2, 0) is 47.7 Å². The molecule has 16 nitrogen and oxygen atoms in total. The van der Waals surface area contributed by atoms with E-state index in [0.29, 0.717) is 0 Å². The number of nitrogen functional groups attached to an aromatic ring is 1. The Balaban J connectivity index is 1.63. The molecule has 0 radical (unpaired) electrons. The number of nitrogens with one attached hydrogen (secondary N) is 1. The number of esters is 2. The number of aliphatic hydroxyl groups is 1. The van der Waals surface area contributed by atoms with Gasteiger partial charge < -0.3 is 25.1 Å². The van der Waals surface area contributed by atoms with Crippen molar-refractivity contribution >= 4 is 36.9 Å². The van der Waals surface area contributed by atoms with Crippen molar-refractivity contribution < 1.29 is 51.4 Å². The van der Waals surface area contributed by atoms with Crippen LogP contribution in [0.4, 0.5) is 10.3 Å². The normalized spacial score (nSPS) is 27.6. The zero-order valence-electron chi connectivity index (χ0n) is 24.3. The van der Waals surface area contributed by atoms with Crippen molar-refractivity contribution in [3.8, 4) is 0 Å². The van der Waals surface area contributed by atoms with Crippen LogP contribution in [0.25, 0.3) is 11.2 Å². The molecule has 4 rings (SSSR count). The largest absolute Gasteiger partial charge is 0.481 e. The number of aromatic nitrogens is 4. The van der Waals surface area contributed by atoms with Gasteiger partial charge in [-0.2, -0.15) is 4.98 Å². The Bertz CT molecular complexity index is 1460. The van der Waals surface area contributed by atoms with Gasteiger partial charge in [-0.25, -0.2) is 23.0 Å². The van der Waals surface area contributed by atoms with Crippen molar-refractivity contribution in [2.75, 3.05) is 25.9 Å². The minimum Gasteiger partial charge on any atom is -0.437 e. The van der Waals surface area contributed by atoms with Crippen molar-refractivity contribution in [1.29, 1.82) is 0 Å². The Kier molecular flexibility index (Phi) is 7.88. The molecule has 1 aliphatic carbocycles. The third-order valence-electron chi connectivity index (χ3n) is 7.06. The van der Waals surface area contributed by atoms with E-state index in [0.717, 1.165) is 10.9 Å². The average Bonchev–Trinajstić information content (AvgIpc) is 3.12. The van der Waals surface area contributed by atoms with Crippen molar-refractivity contribution in [2.45, 2.75) is 78.0 Å². The predicted molar refractivity (Wildman–Crippen MR) is 141 cm³/mol. The van der Waals surface area contributed by atoms with Gasteiger partial charge in [0.25, 0.3) is 5.56 Å². The van der Waals surface area contributed by atoms with E-state index < -0.39 is 79.4 Å². The predicted octanol–water partition coefficient (Wildman–Crippen LogP) is 1.87. The van der Waals surface area contributed by atoms with Gasteiger partial charge in [-0.05, 0) is 48.0 Å². The summed E-state index contributed by atoms with van der Waals surface area (Å²) in [5.74, 6) is -4.59. The summed E-state index contributed by atoms with van der Waals surface area (Å²) in [6.45, 7) is 8.48. The Morgan fingerprint density at radius 1 is 1.19 bits per heavy atom. The second-order valence-corrected chi connectivity index (χ2v) is 13.7. The average molecular weight is 620 g/mol. The van der Waals surface area contributed by atoms with E-state index in [9.17, 15) is 24.1 Å². The van der Waals surface area contributed by atoms with Crippen LogP contribution in [0.5, 0.6) is 0 Å². The van der Waals surface area contributed by atoms with Crippen LogP contribution in [0.3, 0.4) is 0 Å². The molecule has 0 spiro atoms. The summed E-state index contributed by atoms with van der Waals surface area (Å²) in [6.07, 6.45) is -0.784. The monoisotopic (exact) mass is 619 g/mol. The molecule has 4 atom stereocenters. The van der Waals surface area contributed by atoms with Crippen LogP contribution in [0.1, 0.15) is 54.9 Å². The van der Waals surface area contributed by atoms with Crippen LogP contribution in [-0.4, -0.2) is 74.1 Å². The number of carbonyl (C=O) groups is 2. The maximum Gasteiger partial charge on any atom is 0.481 e. The van der Waals surface area contributed by atoms with Crippen LogP contribution in [0, 0.1) is 10.8 Å². The smallest absolute Gasteiger partial charge is 0.437 e. The fraction of sp³-hybridized carbons (Fsp3) is 0.708. The number of H-pyrrole nitrogens is 1. The lowest BCUT2D eigenvalue weighted by molar-refractivity contribution is -0.164. The number of fused-ring (bicyclic) bond motifs is 2. The van der Waals surface area contributed by atoms with Gasteiger partial charge in [-0.3, -0.25) is 28.5 Å². The Morgan fingerprint density at radius 3 is 2.24 bits per heavy atom. The number of imidazole rings is 1. The lowest BCUT2D eigenvalue weighted by atomic mass is 9.98. The van der Waals surface area contributed by atoms with E-state index in [-0.39, 0.29) is 23.5 Å². The van der Waals surface area contributed by atoms with Crippen LogP contribution in [0.15, 0.2) is 11.1 Å². The summed E-state index contributed by atoms with van der Waals surface area (Å²) >= 11 is 0. The summed E-state index contributed by atoms with van der Waals surface area (Å²) in [7, 11) is -4.86. The maximum atomic E-state index is 16.9. The second kappa shape index (κ2) is 10.3. The minimum atomic E-state index is -4.86. The van der Waals surface area contributed by atoms with Gasteiger partial charge in [0.1, 0.15) is 24.6 Å². The van der Waals surface area contributed by atoms with Gasteiger partial charge in [0, 0.05) is 0 Å². The molecule has 4 N–H and O–H groups in total. The molecule has 1 aliphatic heterocycles. The number of rotatable bonds is 10. The quantitative estimate of drug-likeness (QED) is 0.197. The van der Waals surface area contributed by atoms with E-state index in [1.807, 2.05) is 0 Å². The molecule has 0 bridgehead atoms. The molecular formula is C24H35FN5O11P. The molecule has 4 unspecified atom stereocenters. The number of hydrogen-bond acceptors (Lipinski definition) is 14. The molecule has 3 heterocycles. The van der Waals surface area contributed by atoms with E-state index in [1.165, 1.54) is 0 Å². The Morgan fingerprint density at radius 2 is 1.74 bits per heavy atom. The topological polar surface area (TPSA) is 216 Å². The molecule has 42 heavy (non-hydrogen) atoms. The number of halogens is 1. The summed E-state index contributed by atoms with van der Waals surface area (Å²) < 4.78 is 63.0. The molecule has 2 aromatic heterocycles. The SMILES string of the molecule is CCC12OCC(F)(n3cnc4c(=O)[nH]c(N)nc43)C1(O)C2OP(=O)(OCOC(=O)C(C)(C)C)OCOC(=O)C(C)(C)C. The first-order chi connectivity index (χ1) is 19.3. The molecule has 2 aromatic rings. The highest BCUT2D eigenvalue weighted by Crippen LogP contribution is 2.72. The molecular weight excluding hydrogens is 584 g/mol. The van der Waals surface area contributed by atoms with Gasteiger partial charge >= 0.3 is 19.8 Å². The lowest BCUT2D eigenvalue weighted by Gasteiger charge is -2.29. The third kappa shape index (κ3) is 5.11. The summed E-state index contributed by atoms with van der Waals surface area (Å²) in [4.78, 5) is 46.7.